The van der Waals surface area contributed by atoms with Crippen LogP contribution in [0.4, 0.5) is 5.69 Å². The molecule has 1 spiro atoms. The Kier molecular flexibility index (Phi) is 3.83. The van der Waals surface area contributed by atoms with E-state index in [4.69, 9.17) is 9.47 Å². The van der Waals surface area contributed by atoms with Gasteiger partial charge in [-0.25, -0.2) is 0 Å². The first-order valence-electron chi connectivity index (χ1n) is 10.3. The molecular weight excluding hydrogens is 356 g/mol. The third-order valence-electron chi connectivity index (χ3n) is 7.90. The first-order chi connectivity index (χ1) is 13.5. The Balaban J connectivity index is 1.69. The Hall–Kier alpha value is -2.08. The number of methoxy groups -OCH3 is 2. The third-order valence-corrected chi connectivity index (χ3v) is 7.90. The van der Waals surface area contributed by atoms with Crippen LogP contribution in [0.1, 0.15) is 43.0 Å². The highest BCUT2D eigenvalue weighted by Crippen LogP contribution is 2.62. The zero-order chi connectivity index (χ0) is 19.7. The Bertz CT molecular complexity index is 847. The van der Waals surface area contributed by atoms with Gasteiger partial charge in [0.1, 0.15) is 16.7 Å². The normalized spacial score (nSPS) is 40.2. The van der Waals surface area contributed by atoms with Gasteiger partial charge in [0.05, 0.1) is 14.2 Å². The van der Waals surface area contributed by atoms with Crippen LogP contribution in [-0.2, 0) is 9.53 Å². The van der Waals surface area contributed by atoms with Crippen molar-refractivity contribution in [2.45, 2.75) is 44.2 Å². The average molecular weight is 384 g/mol. The molecule has 1 aliphatic carbocycles. The summed E-state index contributed by atoms with van der Waals surface area (Å²) in [6.07, 6.45) is 3.50. The summed E-state index contributed by atoms with van der Waals surface area (Å²) in [7, 11) is 3.06. The van der Waals surface area contributed by atoms with Crippen molar-refractivity contribution in [2.24, 2.45) is 17.3 Å². The molecule has 150 valence electrons. The second-order valence-corrected chi connectivity index (χ2v) is 8.90. The molecule has 5 aliphatic rings. The second-order valence-electron chi connectivity index (χ2n) is 8.90. The molecule has 1 N–H and O–H groups in total. The van der Waals surface area contributed by atoms with E-state index >= 15 is 0 Å². The molecule has 0 radical (unpaired) electrons. The summed E-state index contributed by atoms with van der Waals surface area (Å²) in [6, 6.07) is 5.61. The van der Waals surface area contributed by atoms with Crippen molar-refractivity contribution in [3.8, 4) is 5.75 Å². The number of esters is 1. The maximum Gasteiger partial charge on any atom is 0.316 e. The molecule has 0 amide bonds. The number of fused-ring (bicyclic) bond motifs is 2. The number of ether oxygens (including phenoxy) is 2. The highest BCUT2D eigenvalue weighted by atomic mass is 16.5. The van der Waals surface area contributed by atoms with Gasteiger partial charge in [0.2, 0.25) is 0 Å². The predicted molar refractivity (Wildman–Crippen MR) is 105 cm³/mol. The summed E-state index contributed by atoms with van der Waals surface area (Å²) in [5, 5.41) is 3.56. The van der Waals surface area contributed by atoms with Gasteiger partial charge in [-0.2, -0.15) is 0 Å². The van der Waals surface area contributed by atoms with Gasteiger partial charge >= 0.3 is 5.97 Å². The van der Waals surface area contributed by atoms with Crippen LogP contribution in [0, 0.1) is 17.3 Å². The molecule has 4 fully saturated rings. The van der Waals surface area contributed by atoms with E-state index in [2.05, 4.69) is 17.1 Å². The summed E-state index contributed by atoms with van der Waals surface area (Å²) in [4.78, 5) is 29.8. The SMILES string of the molecule is CC[C@@H]1C[C@H]2CN3CC[C@@]4(Nc5ccc(OC)cc5C4=O)[C@@](C(=O)OC)(C2)[C@H]13. The highest BCUT2D eigenvalue weighted by Gasteiger charge is 2.74. The third kappa shape index (κ3) is 1.97. The van der Waals surface area contributed by atoms with Crippen molar-refractivity contribution in [3.63, 3.8) is 0 Å². The van der Waals surface area contributed by atoms with E-state index in [0.29, 0.717) is 29.6 Å². The molecule has 4 heterocycles. The van der Waals surface area contributed by atoms with Crippen molar-refractivity contribution in [3.05, 3.63) is 23.8 Å². The number of piperidine rings is 3. The van der Waals surface area contributed by atoms with Gasteiger partial charge < -0.3 is 14.8 Å². The summed E-state index contributed by atoms with van der Waals surface area (Å²) in [6.45, 7) is 4.06. The van der Waals surface area contributed by atoms with E-state index in [1.807, 2.05) is 12.1 Å². The summed E-state index contributed by atoms with van der Waals surface area (Å²) < 4.78 is 10.8. The van der Waals surface area contributed by atoms with Crippen molar-refractivity contribution in [2.75, 3.05) is 32.6 Å². The Morgan fingerprint density at radius 1 is 1.36 bits per heavy atom. The number of Topliss-reactive ketones (excluding diaryl/α,β-unsaturated/α-hetero) is 1. The molecule has 0 aromatic heterocycles. The number of ketones is 1. The second kappa shape index (κ2) is 5.96. The predicted octanol–water partition coefficient (Wildman–Crippen LogP) is 2.73. The lowest BCUT2D eigenvalue weighted by atomic mass is 9.47. The van der Waals surface area contributed by atoms with Crippen molar-refractivity contribution >= 4 is 17.4 Å². The summed E-state index contributed by atoms with van der Waals surface area (Å²) >= 11 is 0. The summed E-state index contributed by atoms with van der Waals surface area (Å²) in [5.41, 5.74) is -0.337. The van der Waals surface area contributed by atoms with E-state index in [9.17, 15) is 9.59 Å². The number of carbonyl (C=O) groups excluding carboxylic acids is 2. The largest absolute Gasteiger partial charge is 0.497 e. The van der Waals surface area contributed by atoms with Crippen molar-refractivity contribution in [1.29, 1.82) is 0 Å². The minimum atomic E-state index is -0.928. The van der Waals surface area contributed by atoms with E-state index < -0.39 is 11.0 Å². The standard InChI is InChI=1S/C22H28N2O4/c1-4-14-9-13-11-21(20(26)28-3)18(14)24(12-13)8-7-22(21)19(25)16-10-15(27-2)5-6-17(16)23-22/h5-6,10,13-14,18,23H,4,7-9,11-12H2,1-3H3/t13-,14-,18+,21+,22+/m1/s1. The first-order valence-corrected chi connectivity index (χ1v) is 10.3. The molecule has 4 aliphatic heterocycles. The molecule has 1 aromatic rings. The monoisotopic (exact) mass is 384 g/mol. The van der Waals surface area contributed by atoms with Gasteiger partial charge in [0.25, 0.3) is 0 Å². The molecule has 28 heavy (non-hydrogen) atoms. The number of hydrogen-bond acceptors (Lipinski definition) is 6. The first kappa shape index (κ1) is 18.0. The van der Waals surface area contributed by atoms with Gasteiger partial charge in [0.15, 0.2) is 5.78 Å². The minimum absolute atomic E-state index is 0.0221. The van der Waals surface area contributed by atoms with Crippen LogP contribution in [0.3, 0.4) is 0 Å². The fourth-order valence-corrected chi connectivity index (χ4v) is 6.91. The Morgan fingerprint density at radius 2 is 2.18 bits per heavy atom. The minimum Gasteiger partial charge on any atom is -0.497 e. The van der Waals surface area contributed by atoms with Crippen molar-refractivity contribution < 1.29 is 19.1 Å². The van der Waals surface area contributed by atoms with Crippen molar-refractivity contribution in [1.82, 2.24) is 4.90 Å². The Morgan fingerprint density at radius 3 is 2.89 bits per heavy atom. The van der Waals surface area contributed by atoms with Crippen LogP contribution >= 0.6 is 0 Å². The maximum absolute atomic E-state index is 13.9. The number of nitrogens with zero attached hydrogens (tertiary/aromatic N) is 1. The van der Waals surface area contributed by atoms with Crippen LogP contribution in [-0.4, -0.2) is 55.5 Å². The van der Waals surface area contributed by atoms with E-state index in [-0.39, 0.29) is 17.8 Å². The lowest BCUT2D eigenvalue weighted by Gasteiger charge is -2.66. The molecule has 6 rings (SSSR count). The van der Waals surface area contributed by atoms with Gasteiger partial charge in [-0.1, -0.05) is 13.3 Å². The van der Waals surface area contributed by atoms with Gasteiger partial charge in [-0.15, -0.1) is 0 Å². The molecule has 1 saturated carbocycles. The quantitative estimate of drug-likeness (QED) is 0.809. The Labute approximate surface area is 165 Å². The molecule has 6 heteroatoms. The molecule has 1 aromatic carbocycles. The zero-order valence-corrected chi connectivity index (χ0v) is 16.8. The molecule has 6 nitrogen and oxygen atoms in total. The molecular formula is C22H28N2O4. The van der Waals surface area contributed by atoms with E-state index in [1.54, 1.807) is 13.2 Å². The smallest absolute Gasteiger partial charge is 0.316 e. The summed E-state index contributed by atoms with van der Waals surface area (Å²) in [5.74, 6) is 1.29. The number of anilines is 1. The zero-order valence-electron chi connectivity index (χ0n) is 16.8. The van der Waals surface area contributed by atoms with Crippen LogP contribution in [0.25, 0.3) is 0 Å². The number of hydrogen-bond donors (Lipinski definition) is 1. The number of benzene rings is 1. The maximum atomic E-state index is 13.9. The lowest BCUT2D eigenvalue weighted by Crippen LogP contribution is -2.79. The molecule has 4 bridgehead atoms. The number of rotatable bonds is 3. The highest BCUT2D eigenvalue weighted by molar-refractivity contribution is 6.16. The van der Waals surface area contributed by atoms with E-state index in [0.717, 1.165) is 38.0 Å². The van der Waals surface area contributed by atoms with Crippen LogP contribution in [0.5, 0.6) is 5.75 Å². The molecule has 6 atom stereocenters. The number of carbonyl (C=O) groups is 2. The van der Waals surface area contributed by atoms with Crippen LogP contribution < -0.4 is 10.1 Å². The number of nitrogens with one attached hydrogen (secondary N) is 1. The lowest BCUT2D eigenvalue weighted by molar-refractivity contribution is -0.193. The molecule has 3 saturated heterocycles. The van der Waals surface area contributed by atoms with E-state index in [1.165, 1.54) is 7.11 Å². The average Bonchev–Trinajstić information content (AvgIpc) is 3.02. The topological polar surface area (TPSA) is 67.9 Å². The fraction of sp³-hybridized carbons (Fsp3) is 0.636. The van der Waals surface area contributed by atoms with Crippen LogP contribution in [0.15, 0.2) is 18.2 Å². The molecule has 1 unspecified atom stereocenters. The fourth-order valence-electron chi connectivity index (χ4n) is 6.91. The van der Waals surface area contributed by atoms with Gasteiger partial charge in [0, 0.05) is 30.4 Å². The van der Waals surface area contributed by atoms with Gasteiger partial charge in [-0.05, 0) is 49.3 Å². The van der Waals surface area contributed by atoms with Gasteiger partial charge in [-0.3, -0.25) is 14.5 Å². The van der Waals surface area contributed by atoms with Crippen LogP contribution in [0.2, 0.25) is 0 Å².